The van der Waals surface area contributed by atoms with Crippen LogP contribution in [0.15, 0.2) is 12.7 Å². The first-order chi connectivity index (χ1) is 8.69. The highest BCUT2D eigenvalue weighted by atomic mass is 16.2. The minimum atomic E-state index is -0.720. The quantitative estimate of drug-likeness (QED) is 0.499. The van der Waals surface area contributed by atoms with E-state index in [1.165, 1.54) is 6.08 Å². The van der Waals surface area contributed by atoms with Gasteiger partial charge in [-0.1, -0.05) is 13.0 Å². The summed E-state index contributed by atoms with van der Waals surface area (Å²) in [6, 6.07) is 0. The van der Waals surface area contributed by atoms with Crippen LogP contribution < -0.4 is 10.6 Å². The highest BCUT2D eigenvalue weighted by Gasteiger charge is 2.13. The zero-order valence-corrected chi connectivity index (χ0v) is 10.2. The first-order valence-electron chi connectivity index (χ1n) is 5.61. The van der Waals surface area contributed by atoms with E-state index in [1.807, 2.05) is 6.92 Å². The second-order valence-electron chi connectivity index (χ2n) is 3.50. The molecular weight excluding hydrogens is 236 g/mol. The van der Waals surface area contributed by atoms with Crippen LogP contribution in [0.1, 0.15) is 19.2 Å². The molecule has 98 valence electrons. The fraction of sp³-hybridized carbons (Fsp3) is 0.500. The van der Waals surface area contributed by atoms with Gasteiger partial charge in [0.15, 0.2) is 5.82 Å². The normalized spacial score (nSPS) is 9.83. The van der Waals surface area contributed by atoms with Gasteiger partial charge in [0.1, 0.15) is 0 Å². The van der Waals surface area contributed by atoms with Crippen molar-refractivity contribution in [3.63, 3.8) is 0 Å². The predicted molar refractivity (Wildman–Crippen MR) is 63.2 cm³/mol. The maximum Gasteiger partial charge on any atom is 0.309 e. The maximum atomic E-state index is 11.4. The highest BCUT2D eigenvalue weighted by Crippen LogP contribution is 1.93. The molecule has 0 aliphatic heterocycles. The Hall–Kier alpha value is -2.25. The van der Waals surface area contributed by atoms with Gasteiger partial charge in [0.25, 0.3) is 0 Å². The fourth-order valence-corrected chi connectivity index (χ4v) is 1.22. The lowest BCUT2D eigenvalue weighted by Gasteiger charge is -2.05. The molecule has 18 heavy (non-hydrogen) atoms. The molecule has 0 aliphatic carbocycles. The summed E-state index contributed by atoms with van der Waals surface area (Å²) in [6.45, 7) is 6.46. The number of tetrazole rings is 1. The van der Waals surface area contributed by atoms with Gasteiger partial charge in [-0.3, -0.25) is 9.59 Å². The van der Waals surface area contributed by atoms with Crippen molar-refractivity contribution in [1.82, 2.24) is 30.8 Å². The Labute approximate surface area is 104 Å². The Morgan fingerprint density at radius 2 is 2.11 bits per heavy atom. The summed E-state index contributed by atoms with van der Waals surface area (Å²) in [4.78, 5) is 22.6. The van der Waals surface area contributed by atoms with Crippen LogP contribution >= 0.6 is 0 Å². The van der Waals surface area contributed by atoms with Crippen molar-refractivity contribution >= 4 is 11.8 Å². The summed E-state index contributed by atoms with van der Waals surface area (Å²) < 4.78 is 1.59. The molecule has 1 rings (SSSR count). The number of aromatic nitrogens is 4. The van der Waals surface area contributed by atoms with Crippen molar-refractivity contribution in [2.75, 3.05) is 6.54 Å². The van der Waals surface area contributed by atoms with E-state index in [4.69, 9.17) is 0 Å². The Morgan fingerprint density at radius 3 is 2.78 bits per heavy atom. The molecule has 0 aromatic carbocycles. The third-order valence-electron chi connectivity index (χ3n) is 2.06. The number of amides is 2. The first kappa shape index (κ1) is 13.8. The Balaban J connectivity index is 2.44. The molecule has 0 bridgehead atoms. The molecule has 0 aliphatic rings. The molecule has 0 saturated heterocycles. The zero-order valence-electron chi connectivity index (χ0n) is 10.2. The maximum absolute atomic E-state index is 11.4. The number of rotatable bonds is 6. The second kappa shape index (κ2) is 7.15. The van der Waals surface area contributed by atoms with Gasteiger partial charge in [0.2, 0.25) is 0 Å². The van der Waals surface area contributed by atoms with Crippen molar-refractivity contribution in [3.05, 3.63) is 18.5 Å². The highest BCUT2D eigenvalue weighted by molar-refractivity contribution is 6.35. The largest absolute Gasteiger partial charge is 0.344 e. The summed E-state index contributed by atoms with van der Waals surface area (Å²) in [5, 5.41) is 15.9. The summed E-state index contributed by atoms with van der Waals surface area (Å²) in [6.07, 6.45) is 2.37. The molecule has 0 saturated carbocycles. The molecule has 0 radical (unpaired) electrons. The number of carbonyl (C=O) groups is 2. The summed E-state index contributed by atoms with van der Waals surface area (Å²) in [7, 11) is 0. The third kappa shape index (κ3) is 3.96. The molecule has 0 spiro atoms. The number of hydrogen-bond donors (Lipinski definition) is 2. The van der Waals surface area contributed by atoms with E-state index in [0.29, 0.717) is 12.4 Å². The molecule has 1 heterocycles. The van der Waals surface area contributed by atoms with Crippen LogP contribution in [0.25, 0.3) is 0 Å². The van der Waals surface area contributed by atoms with Crippen LogP contribution in [0.4, 0.5) is 0 Å². The number of nitrogens with one attached hydrogen (secondary N) is 2. The molecular formula is C10H16N6O2. The molecule has 0 atom stereocenters. The second-order valence-corrected chi connectivity index (χ2v) is 3.50. The van der Waals surface area contributed by atoms with E-state index >= 15 is 0 Å². The van der Waals surface area contributed by atoms with Crippen LogP contribution in [0.3, 0.4) is 0 Å². The zero-order chi connectivity index (χ0) is 13.4. The smallest absolute Gasteiger partial charge is 0.309 e. The van der Waals surface area contributed by atoms with E-state index in [0.717, 1.165) is 6.42 Å². The van der Waals surface area contributed by atoms with E-state index in [1.54, 1.807) is 4.68 Å². The minimum absolute atomic E-state index is 0.118. The number of nitrogens with zero attached hydrogens (tertiary/aromatic N) is 4. The number of carbonyl (C=O) groups excluding carboxylic acids is 2. The Bertz CT molecular complexity index is 428. The Morgan fingerprint density at radius 1 is 1.39 bits per heavy atom. The van der Waals surface area contributed by atoms with Gasteiger partial charge in [0, 0.05) is 13.1 Å². The van der Waals surface area contributed by atoms with Crippen LogP contribution in [0, 0.1) is 0 Å². The molecule has 2 N–H and O–H groups in total. The van der Waals surface area contributed by atoms with Crippen LogP contribution in [0.2, 0.25) is 0 Å². The van der Waals surface area contributed by atoms with Crippen molar-refractivity contribution in [2.45, 2.75) is 26.4 Å². The third-order valence-corrected chi connectivity index (χ3v) is 2.06. The van der Waals surface area contributed by atoms with Crippen LogP contribution in [-0.2, 0) is 22.7 Å². The van der Waals surface area contributed by atoms with Crippen molar-refractivity contribution < 1.29 is 9.59 Å². The number of aryl methyl sites for hydroxylation is 1. The summed E-state index contributed by atoms with van der Waals surface area (Å²) in [5.41, 5.74) is 0. The molecule has 8 heteroatoms. The van der Waals surface area contributed by atoms with E-state index in [2.05, 4.69) is 32.7 Å². The first-order valence-corrected chi connectivity index (χ1v) is 5.61. The Kier molecular flexibility index (Phi) is 5.49. The lowest BCUT2D eigenvalue weighted by atomic mass is 10.4. The average Bonchev–Trinajstić information content (AvgIpc) is 2.81. The molecule has 8 nitrogen and oxygen atoms in total. The lowest BCUT2D eigenvalue weighted by Crippen LogP contribution is -2.40. The van der Waals surface area contributed by atoms with Gasteiger partial charge in [-0.2, -0.15) is 0 Å². The van der Waals surface area contributed by atoms with Gasteiger partial charge in [-0.15, -0.1) is 11.7 Å². The topological polar surface area (TPSA) is 102 Å². The summed E-state index contributed by atoms with van der Waals surface area (Å²) in [5.74, 6) is -0.908. The van der Waals surface area contributed by atoms with Gasteiger partial charge in [-0.05, 0) is 16.8 Å². The van der Waals surface area contributed by atoms with Gasteiger partial charge in [-0.25, -0.2) is 4.68 Å². The van der Waals surface area contributed by atoms with Crippen molar-refractivity contribution in [3.8, 4) is 0 Å². The molecule has 0 unspecified atom stereocenters. The van der Waals surface area contributed by atoms with E-state index in [9.17, 15) is 9.59 Å². The standard InChI is InChI=1S/C10H16N6O2/c1-3-5-11-9(17)10(18)12-7-8-13-14-15-16(8)6-4-2/h3H,1,4-7H2,2H3,(H,11,17)(H,12,18). The predicted octanol–water partition coefficient (Wildman–Crippen LogP) is -0.999. The lowest BCUT2D eigenvalue weighted by molar-refractivity contribution is -0.139. The van der Waals surface area contributed by atoms with Gasteiger partial charge in [0.05, 0.1) is 6.54 Å². The van der Waals surface area contributed by atoms with Gasteiger partial charge >= 0.3 is 11.8 Å². The summed E-state index contributed by atoms with van der Waals surface area (Å²) >= 11 is 0. The molecule has 0 fully saturated rings. The van der Waals surface area contributed by atoms with Crippen LogP contribution in [0.5, 0.6) is 0 Å². The molecule has 1 aromatic rings. The fourth-order valence-electron chi connectivity index (χ4n) is 1.22. The SMILES string of the molecule is C=CCNC(=O)C(=O)NCc1nnnn1CCC. The number of hydrogen-bond acceptors (Lipinski definition) is 5. The van der Waals surface area contributed by atoms with Crippen molar-refractivity contribution in [1.29, 1.82) is 0 Å². The van der Waals surface area contributed by atoms with Crippen molar-refractivity contribution in [2.24, 2.45) is 0 Å². The molecule has 1 aromatic heterocycles. The minimum Gasteiger partial charge on any atom is -0.344 e. The molecule has 2 amide bonds. The van der Waals surface area contributed by atoms with E-state index in [-0.39, 0.29) is 13.1 Å². The van der Waals surface area contributed by atoms with E-state index < -0.39 is 11.8 Å². The van der Waals surface area contributed by atoms with Gasteiger partial charge < -0.3 is 10.6 Å². The van der Waals surface area contributed by atoms with Crippen LogP contribution in [-0.4, -0.2) is 38.6 Å². The monoisotopic (exact) mass is 252 g/mol. The average molecular weight is 252 g/mol.